The highest BCUT2D eigenvalue weighted by atomic mass is 35.7. The molecule has 0 N–H and O–H groups in total. The molecule has 0 saturated carbocycles. The van der Waals surface area contributed by atoms with Crippen molar-refractivity contribution < 1.29 is 21.9 Å². The Morgan fingerprint density at radius 2 is 1.60 bits per heavy atom. The maximum absolute atomic E-state index is 13.7. The summed E-state index contributed by atoms with van der Waals surface area (Å²) < 4.78 is 54.5. The molecule has 2 aromatic rings. The summed E-state index contributed by atoms with van der Waals surface area (Å²) >= 11 is 5.80. The highest BCUT2D eigenvalue weighted by Crippen LogP contribution is 2.34. The molecule has 2 rings (SSSR count). The van der Waals surface area contributed by atoms with E-state index in [9.17, 15) is 17.2 Å². The van der Waals surface area contributed by atoms with E-state index in [0.29, 0.717) is 12.1 Å². The largest absolute Gasteiger partial charge is 0.450 e. The highest BCUT2D eigenvalue weighted by Gasteiger charge is 2.20. The number of hydrogen-bond acceptors (Lipinski definition) is 3. The maximum Gasteiger partial charge on any atom is 0.261 e. The Bertz CT molecular complexity index is 740. The summed E-state index contributed by atoms with van der Waals surface area (Å²) in [6, 6.07) is 7.20. The monoisotopic (exact) mass is 338 g/mol. The number of hydrogen-bond donors (Lipinski definition) is 0. The van der Waals surface area contributed by atoms with E-state index in [0.717, 1.165) is 0 Å². The molecule has 20 heavy (non-hydrogen) atoms. The molecule has 3 nitrogen and oxygen atoms in total. The van der Waals surface area contributed by atoms with Crippen molar-refractivity contribution in [3.63, 3.8) is 0 Å². The summed E-state index contributed by atoms with van der Waals surface area (Å²) in [6.45, 7) is 0. The first-order valence-corrected chi connectivity index (χ1v) is 7.84. The van der Waals surface area contributed by atoms with Crippen LogP contribution >= 0.6 is 22.3 Å². The van der Waals surface area contributed by atoms with Gasteiger partial charge in [-0.2, -0.15) is 0 Å². The van der Waals surface area contributed by atoms with Gasteiger partial charge in [-0.05, 0) is 24.3 Å². The molecule has 0 spiro atoms. The summed E-state index contributed by atoms with van der Waals surface area (Å²) in [5, 5.41) is 0.153. The number of halogens is 4. The zero-order valence-electron chi connectivity index (χ0n) is 9.61. The molecule has 8 heteroatoms. The summed E-state index contributed by atoms with van der Waals surface area (Å²) in [6.07, 6.45) is 0. The van der Waals surface area contributed by atoms with Gasteiger partial charge in [0.15, 0.2) is 17.4 Å². The lowest BCUT2D eigenvalue weighted by Gasteiger charge is -2.10. The predicted octanol–water partition coefficient (Wildman–Crippen LogP) is 4.34. The van der Waals surface area contributed by atoms with Crippen molar-refractivity contribution in [3.05, 3.63) is 53.1 Å². The zero-order valence-corrected chi connectivity index (χ0v) is 11.9. The second-order valence-corrected chi connectivity index (χ2v) is 6.66. The first-order chi connectivity index (χ1) is 9.29. The van der Waals surface area contributed by atoms with Crippen LogP contribution in [0.25, 0.3) is 0 Å². The molecule has 0 amide bonds. The molecule has 0 heterocycles. The minimum atomic E-state index is -4.23. The molecule has 0 aromatic heterocycles. The van der Waals surface area contributed by atoms with Gasteiger partial charge in [-0.3, -0.25) is 0 Å². The average molecular weight is 339 g/mol. The fraction of sp³-hybridized carbons (Fsp3) is 0. The molecule has 0 atom stereocenters. The van der Waals surface area contributed by atoms with Gasteiger partial charge in [0.05, 0.1) is 9.92 Å². The molecule has 0 aliphatic rings. The van der Waals surface area contributed by atoms with E-state index in [4.69, 9.17) is 27.0 Å². The molecular weight excluding hydrogens is 333 g/mol. The standard InChI is InChI=1S/C12H6Cl2F2O3S/c13-8-3-1-2-4-11(8)19-12-9(15)5-7(6-10(12)16)20(14,17)18/h1-6H. The zero-order chi connectivity index (χ0) is 14.9. The summed E-state index contributed by atoms with van der Waals surface area (Å²) in [7, 11) is 0.782. The minimum absolute atomic E-state index is 0.0356. The van der Waals surface area contributed by atoms with Gasteiger partial charge in [-0.1, -0.05) is 23.7 Å². The fourth-order valence-corrected chi connectivity index (χ4v) is 2.34. The van der Waals surface area contributed by atoms with E-state index in [1.165, 1.54) is 12.1 Å². The Hall–Kier alpha value is -1.37. The second kappa shape index (κ2) is 5.55. The molecule has 2 aromatic carbocycles. The predicted molar refractivity (Wildman–Crippen MR) is 70.9 cm³/mol. The van der Waals surface area contributed by atoms with E-state index in [-0.39, 0.29) is 10.8 Å². The molecule has 0 bridgehead atoms. The van der Waals surface area contributed by atoms with Gasteiger partial charge in [-0.25, -0.2) is 17.2 Å². The van der Waals surface area contributed by atoms with Gasteiger partial charge in [0.25, 0.3) is 9.05 Å². The average Bonchev–Trinajstić information content (AvgIpc) is 2.34. The molecule has 0 unspecified atom stereocenters. The Morgan fingerprint density at radius 3 is 2.10 bits per heavy atom. The van der Waals surface area contributed by atoms with Gasteiger partial charge in [0.2, 0.25) is 0 Å². The maximum atomic E-state index is 13.7. The van der Waals surface area contributed by atoms with Crippen molar-refractivity contribution in [1.82, 2.24) is 0 Å². The summed E-state index contributed by atoms with van der Waals surface area (Å²) in [5.41, 5.74) is 0. The number of ether oxygens (including phenoxy) is 1. The van der Waals surface area contributed by atoms with Crippen LogP contribution in [0.4, 0.5) is 8.78 Å². The number of rotatable bonds is 3. The highest BCUT2D eigenvalue weighted by molar-refractivity contribution is 8.13. The molecule has 0 radical (unpaired) electrons. The van der Waals surface area contributed by atoms with Crippen molar-refractivity contribution in [2.75, 3.05) is 0 Å². The molecule has 0 aliphatic heterocycles. The Kier molecular flexibility index (Phi) is 4.17. The number of para-hydroxylation sites is 1. The minimum Gasteiger partial charge on any atom is -0.450 e. The van der Waals surface area contributed by atoms with Crippen LogP contribution in [-0.2, 0) is 9.05 Å². The van der Waals surface area contributed by atoms with Crippen LogP contribution in [-0.4, -0.2) is 8.42 Å². The number of benzene rings is 2. The Labute approximate surface area is 123 Å². The van der Waals surface area contributed by atoms with Gasteiger partial charge in [0.1, 0.15) is 5.75 Å². The third kappa shape index (κ3) is 3.20. The fourth-order valence-electron chi connectivity index (χ4n) is 1.41. The topological polar surface area (TPSA) is 43.4 Å². The molecule has 0 fully saturated rings. The van der Waals surface area contributed by atoms with Crippen molar-refractivity contribution >= 4 is 31.3 Å². The summed E-state index contributed by atoms with van der Waals surface area (Å²) in [4.78, 5) is -0.694. The normalized spacial score (nSPS) is 11.4. The van der Waals surface area contributed by atoms with Gasteiger partial charge in [0, 0.05) is 10.7 Å². The van der Waals surface area contributed by atoms with Crippen LogP contribution in [0.15, 0.2) is 41.3 Å². The van der Waals surface area contributed by atoms with E-state index in [1.807, 2.05) is 0 Å². The van der Waals surface area contributed by atoms with Crippen molar-refractivity contribution in [3.8, 4) is 11.5 Å². The van der Waals surface area contributed by atoms with E-state index in [2.05, 4.69) is 0 Å². The smallest absolute Gasteiger partial charge is 0.261 e. The first kappa shape index (κ1) is 15.0. The van der Waals surface area contributed by atoms with Crippen molar-refractivity contribution in [1.29, 1.82) is 0 Å². The van der Waals surface area contributed by atoms with E-state index in [1.54, 1.807) is 12.1 Å². The molecular formula is C12H6Cl2F2O3S. The molecule has 0 saturated heterocycles. The lowest BCUT2D eigenvalue weighted by Crippen LogP contribution is -1.98. The SMILES string of the molecule is O=S(=O)(Cl)c1cc(F)c(Oc2ccccc2Cl)c(F)c1. The lowest BCUT2D eigenvalue weighted by atomic mass is 10.3. The van der Waals surface area contributed by atoms with Gasteiger partial charge < -0.3 is 4.74 Å². The van der Waals surface area contributed by atoms with Crippen molar-refractivity contribution in [2.24, 2.45) is 0 Å². The van der Waals surface area contributed by atoms with Gasteiger partial charge >= 0.3 is 0 Å². The second-order valence-electron chi connectivity index (χ2n) is 3.69. The third-order valence-electron chi connectivity index (χ3n) is 2.30. The van der Waals surface area contributed by atoms with Crippen LogP contribution < -0.4 is 4.74 Å². The third-order valence-corrected chi connectivity index (χ3v) is 3.95. The van der Waals surface area contributed by atoms with Gasteiger partial charge in [-0.15, -0.1) is 0 Å². The molecule has 0 aliphatic carbocycles. The van der Waals surface area contributed by atoms with Crippen LogP contribution in [0.2, 0.25) is 5.02 Å². The van der Waals surface area contributed by atoms with Crippen LogP contribution in [0.3, 0.4) is 0 Å². The summed E-state index contributed by atoms with van der Waals surface area (Å²) in [5.74, 6) is -3.14. The van der Waals surface area contributed by atoms with E-state index < -0.39 is 31.3 Å². The van der Waals surface area contributed by atoms with Crippen molar-refractivity contribution in [2.45, 2.75) is 4.90 Å². The Morgan fingerprint density at radius 1 is 1.05 bits per heavy atom. The first-order valence-electron chi connectivity index (χ1n) is 5.15. The lowest BCUT2D eigenvalue weighted by molar-refractivity contribution is 0.405. The Balaban J connectivity index is 2.47. The van der Waals surface area contributed by atoms with Crippen LogP contribution in [0.5, 0.6) is 11.5 Å². The molecule has 106 valence electrons. The van der Waals surface area contributed by atoms with Crippen LogP contribution in [0, 0.1) is 11.6 Å². The van der Waals surface area contributed by atoms with E-state index >= 15 is 0 Å². The van der Waals surface area contributed by atoms with Crippen LogP contribution in [0.1, 0.15) is 0 Å². The quantitative estimate of drug-likeness (QED) is 0.782.